The van der Waals surface area contributed by atoms with Gasteiger partial charge in [0.25, 0.3) is 5.91 Å². The molecule has 1 aromatic carbocycles. The minimum atomic E-state index is -1.15. The molecule has 2 aromatic heterocycles. The Balaban J connectivity index is 1.86. The Kier molecular flexibility index (Phi) is 6.51. The summed E-state index contributed by atoms with van der Waals surface area (Å²) < 4.78 is 16.3. The molecule has 1 amide bonds. The number of aromatic nitrogens is 2. The molecule has 0 aliphatic rings. The van der Waals surface area contributed by atoms with Crippen LogP contribution in [0.25, 0.3) is 11.5 Å². The highest BCUT2D eigenvalue weighted by atomic mass is 16.5. The average Bonchev–Trinajstić information content (AvgIpc) is 3.23. The number of carboxylic acid groups (broad SMARTS) is 1. The second kappa shape index (κ2) is 9.26. The molecule has 1 atom stereocenters. The maximum absolute atomic E-state index is 12.8. The molecule has 0 bridgehead atoms. The number of carbonyl (C=O) groups excluding carboxylic acids is 1. The first-order valence-electron chi connectivity index (χ1n) is 9.30. The molecule has 1 unspecified atom stereocenters. The van der Waals surface area contributed by atoms with Gasteiger partial charge in [-0.05, 0) is 37.3 Å². The van der Waals surface area contributed by atoms with Gasteiger partial charge in [0, 0.05) is 5.56 Å². The highest BCUT2D eigenvalue weighted by Crippen LogP contribution is 2.33. The van der Waals surface area contributed by atoms with Gasteiger partial charge >= 0.3 is 5.97 Å². The minimum absolute atomic E-state index is 0.0108. The van der Waals surface area contributed by atoms with Gasteiger partial charge in [0.15, 0.2) is 23.0 Å². The lowest BCUT2D eigenvalue weighted by molar-refractivity contribution is 0.0690. The third-order valence-electron chi connectivity index (χ3n) is 4.37. The molecule has 4 N–H and O–H groups in total. The smallest absolute Gasteiger partial charge is 0.354 e. The van der Waals surface area contributed by atoms with E-state index in [9.17, 15) is 9.59 Å². The lowest BCUT2D eigenvalue weighted by atomic mass is 10.2. The zero-order valence-electron chi connectivity index (χ0n) is 17.2. The predicted octanol–water partition coefficient (Wildman–Crippen LogP) is 2.40. The van der Waals surface area contributed by atoms with Crippen LogP contribution in [0.15, 0.2) is 40.8 Å². The van der Waals surface area contributed by atoms with E-state index in [4.69, 9.17) is 24.7 Å². The van der Waals surface area contributed by atoms with Crippen LogP contribution >= 0.6 is 0 Å². The van der Waals surface area contributed by atoms with Crippen molar-refractivity contribution in [3.05, 3.63) is 59.2 Å². The van der Waals surface area contributed by atoms with Crippen LogP contribution < -0.4 is 20.5 Å². The van der Waals surface area contributed by atoms with E-state index in [2.05, 4.69) is 15.3 Å². The first kappa shape index (κ1) is 21.8. The van der Waals surface area contributed by atoms with E-state index in [1.807, 2.05) is 0 Å². The van der Waals surface area contributed by atoms with Crippen molar-refractivity contribution in [3.8, 4) is 23.0 Å². The number of aromatic carboxylic acids is 1. The maximum atomic E-state index is 12.8. The highest BCUT2D eigenvalue weighted by molar-refractivity contribution is 5.94. The van der Waals surface area contributed by atoms with Gasteiger partial charge in [-0.1, -0.05) is 6.07 Å². The number of hydrogen-bond donors (Lipinski definition) is 3. The molecular weight excluding hydrogens is 404 g/mol. The zero-order valence-corrected chi connectivity index (χ0v) is 17.2. The molecule has 0 saturated heterocycles. The van der Waals surface area contributed by atoms with Crippen LogP contribution in [0, 0.1) is 0 Å². The van der Waals surface area contributed by atoms with E-state index in [0.29, 0.717) is 22.8 Å². The number of ether oxygens (including phenoxy) is 2. The van der Waals surface area contributed by atoms with Gasteiger partial charge in [0.05, 0.1) is 32.5 Å². The van der Waals surface area contributed by atoms with Crippen molar-refractivity contribution in [2.75, 3.05) is 14.2 Å². The van der Waals surface area contributed by atoms with Gasteiger partial charge in [-0.25, -0.2) is 14.8 Å². The van der Waals surface area contributed by atoms with Crippen LogP contribution in [0.4, 0.5) is 0 Å². The number of nitrogens with two attached hydrogens (primary N) is 1. The average molecular weight is 426 g/mol. The van der Waals surface area contributed by atoms with Gasteiger partial charge in [-0.2, -0.15) is 0 Å². The van der Waals surface area contributed by atoms with Crippen LogP contribution in [-0.2, 0) is 6.54 Å². The van der Waals surface area contributed by atoms with E-state index >= 15 is 0 Å². The van der Waals surface area contributed by atoms with E-state index in [0.717, 1.165) is 0 Å². The summed E-state index contributed by atoms with van der Waals surface area (Å²) in [6.45, 7) is 1.68. The van der Waals surface area contributed by atoms with Gasteiger partial charge in [-0.15, -0.1) is 0 Å². The van der Waals surface area contributed by atoms with Crippen molar-refractivity contribution in [2.24, 2.45) is 5.73 Å². The summed E-state index contributed by atoms with van der Waals surface area (Å²) in [5, 5.41) is 11.7. The zero-order chi connectivity index (χ0) is 22.5. The van der Waals surface area contributed by atoms with Gasteiger partial charge in [0.2, 0.25) is 5.89 Å². The van der Waals surface area contributed by atoms with Crippen LogP contribution in [-0.4, -0.2) is 41.2 Å². The Morgan fingerprint density at radius 3 is 2.55 bits per heavy atom. The van der Waals surface area contributed by atoms with Crippen LogP contribution in [0.1, 0.15) is 45.4 Å². The van der Waals surface area contributed by atoms with E-state index < -0.39 is 17.9 Å². The molecular formula is C21H22N4O6. The summed E-state index contributed by atoms with van der Waals surface area (Å²) in [4.78, 5) is 32.1. The fraction of sp³-hybridized carbons (Fsp3) is 0.238. The summed E-state index contributed by atoms with van der Waals surface area (Å²) in [5.74, 6) is -0.233. The summed E-state index contributed by atoms with van der Waals surface area (Å²) in [5.41, 5.74) is 6.86. The summed E-state index contributed by atoms with van der Waals surface area (Å²) in [7, 11) is 3.04. The van der Waals surface area contributed by atoms with Crippen molar-refractivity contribution in [1.29, 1.82) is 0 Å². The fourth-order valence-electron chi connectivity index (χ4n) is 2.85. The number of nitrogens with one attached hydrogen (secondary N) is 1. The molecule has 0 aliphatic heterocycles. The summed E-state index contributed by atoms with van der Waals surface area (Å²) in [6, 6.07) is 9.04. The number of hydrogen-bond acceptors (Lipinski definition) is 8. The Morgan fingerprint density at radius 1 is 1.16 bits per heavy atom. The molecule has 31 heavy (non-hydrogen) atoms. The Hall–Kier alpha value is -3.92. The number of rotatable bonds is 8. The van der Waals surface area contributed by atoms with Crippen molar-refractivity contribution in [1.82, 2.24) is 15.3 Å². The largest absolute Gasteiger partial charge is 0.493 e. The third kappa shape index (κ3) is 4.81. The maximum Gasteiger partial charge on any atom is 0.354 e. The SMILES string of the molecule is COc1ccc(-c2nc(C(=O)NCc3cccc(C(=O)O)n3)c(C(C)N)o2)cc1OC. The first-order chi connectivity index (χ1) is 14.8. The molecule has 10 heteroatoms. The summed E-state index contributed by atoms with van der Waals surface area (Å²) in [6.07, 6.45) is 0. The van der Waals surface area contributed by atoms with Crippen molar-refractivity contribution in [3.63, 3.8) is 0 Å². The number of carboxylic acids is 1. The van der Waals surface area contributed by atoms with Crippen LogP contribution in [0.3, 0.4) is 0 Å². The molecule has 162 valence electrons. The number of carbonyl (C=O) groups is 2. The minimum Gasteiger partial charge on any atom is -0.493 e. The third-order valence-corrected chi connectivity index (χ3v) is 4.37. The molecule has 3 rings (SSSR count). The topological polar surface area (TPSA) is 150 Å². The monoisotopic (exact) mass is 426 g/mol. The second-order valence-corrected chi connectivity index (χ2v) is 6.59. The van der Waals surface area contributed by atoms with E-state index in [1.54, 1.807) is 37.3 Å². The Labute approximate surface area is 178 Å². The van der Waals surface area contributed by atoms with Crippen molar-refractivity contribution < 1.29 is 28.6 Å². The quantitative estimate of drug-likeness (QED) is 0.493. The van der Waals surface area contributed by atoms with E-state index in [-0.39, 0.29) is 29.6 Å². The number of oxazole rings is 1. The molecule has 0 spiro atoms. The lowest BCUT2D eigenvalue weighted by Crippen LogP contribution is -2.26. The fourth-order valence-corrected chi connectivity index (χ4v) is 2.85. The van der Waals surface area contributed by atoms with E-state index in [1.165, 1.54) is 20.3 Å². The number of pyridine rings is 1. The highest BCUT2D eigenvalue weighted by Gasteiger charge is 2.24. The molecule has 2 heterocycles. The second-order valence-electron chi connectivity index (χ2n) is 6.59. The molecule has 0 saturated carbocycles. The van der Waals surface area contributed by atoms with Crippen LogP contribution in [0.2, 0.25) is 0 Å². The van der Waals surface area contributed by atoms with Crippen molar-refractivity contribution in [2.45, 2.75) is 19.5 Å². The summed E-state index contributed by atoms with van der Waals surface area (Å²) >= 11 is 0. The predicted molar refractivity (Wildman–Crippen MR) is 110 cm³/mol. The number of methoxy groups -OCH3 is 2. The van der Waals surface area contributed by atoms with Crippen LogP contribution in [0.5, 0.6) is 11.5 Å². The van der Waals surface area contributed by atoms with Gasteiger partial charge in [-0.3, -0.25) is 4.79 Å². The number of benzene rings is 1. The molecule has 10 nitrogen and oxygen atoms in total. The van der Waals surface area contributed by atoms with Gasteiger partial charge in [0.1, 0.15) is 5.69 Å². The Bertz CT molecular complexity index is 1110. The normalized spacial score (nSPS) is 11.6. The molecule has 0 aliphatic carbocycles. The molecule has 0 radical (unpaired) electrons. The first-order valence-corrected chi connectivity index (χ1v) is 9.30. The number of nitrogens with zero attached hydrogens (tertiary/aromatic N) is 2. The lowest BCUT2D eigenvalue weighted by Gasteiger charge is -2.07. The Morgan fingerprint density at radius 2 is 1.90 bits per heavy atom. The van der Waals surface area contributed by atoms with Gasteiger partial charge < -0.3 is 30.0 Å². The number of amides is 1. The molecule has 0 fully saturated rings. The molecule has 3 aromatic rings. The standard InChI is InChI=1S/C21H22N4O6/c1-11(22)18-17(19(26)23-10-13-5-4-6-14(24-13)21(27)28)25-20(31-18)12-7-8-15(29-2)16(9-12)30-3/h4-9,11H,10,22H2,1-3H3,(H,23,26)(H,27,28). The van der Waals surface area contributed by atoms with Crippen molar-refractivity contribution >= 4 is 11.9 Å².